The lowest BCUT2D eigenvalue weighted by Crippen LogP contribution is -2.34. The zero-order valence-electron chi connectivity index (χ0n) is 15.8. The van der Waals surface area contributed by atoms with Gasteiger partial charge in [-0.3, -0.25) is 4.90 Å². The van der Waals surface area contributed by atoms with Crippen molar-refractivity contribution >= 4 is 17.8 Å². The van der Waals surface area contributed by atoms with Gasteiger partial charge in [0.25, 0.3) is 0 Å². The second kappa shape index (κ2) is 8.13. The smallest absolute Gasteiger partial charge is 0.351 e. The maximum Gasteiger partial charge on any atom is 0.416 e. The Kier molecular flexibility index (Phi) is 5.60. The van der Waals surface area contributed by atoms with Crippen molar-refractivity contribution in [1.29, 1.82) is 5.26 Å². The summed E-state index contributed by atoms with van der Waals surface area (Å²) in [4.78, 5) is 17.2. The van der Waals surface area contributed by atoms with E-state index < -0.39 is 17.8 Å². The predicted molar refractivity (Wildman–Crippen MR) is 105 cm³/mol. The van der Waals surface area contributed by atoms with Gasteiger partial charge in [0.1, 0.15) is 5.82 Å². The van der Waals surface area contributed by atoms with Gasteiger partial charge in [-0.2, -0.15) is 18.4 Å². The summed E-state index contributed by atoms with van der Waals surface area (Å²) in [6.45, 7) is 1.54. The number of carbonyl (C=O) groups excluding carboxylic acids is 1. The van der Waals surface area contributed by atoms with Crippen molar-refractivity contribution in [3.05, 3.63) is 83.6 Å². The van der Waals surface area contributed by atoms with Crippen molar-refractivity contribution in [2.45, 2.75) is 13.1 Å². The minimum absolute atomic E-state index is 0.0115. The largest absolute Gasteiger partial charge is 0.416 e. The van der Waals surface area contributed by atoms with Crippen LogP contribution in [-0.2, 0) is 6.18 Å². The summed E-state index contributed by atoms with van der Waals surface area (Å²) < 4.78 is 40.9. The van der Waals surface area contributed by atoms with Gasteiger partial charge >= 0.3 is 12.2 Å². The molecular weight excluding hydrogens is 395 g/mol. The van der Waals surface area contributed by atoms with Crippen molar-refractivity contribution in [1.82, 2.24) is 9.55 Å². The second-order valence-corrected chi connectivity index (χ2v) is 6.32. The van der Waals surface area contributed by atoms with Crippen molar-refractivity contribution < 1.29 is 18.0 Å². The quantitative estimate of drug-likeness (QED) is 0.674. The topological polar surface area (TPSA) is 87.9 Å². The van der Waals surface area contributed by atoms with Crippen LogP contribution in [0.15, 0.2) is 66.6 Å². The summed E-state index contributed by atoms with van der Waals surface area (Å²) in [7, 11) is 0. The van der Waals surface area contributed by atoms with Crippen LogP contribution in [-0.4, -0.2) is 15.6 Å². The number of hydrogen-bond acceptors (Lipinski definition) is 3. The average Bonchev–Trinajstić information content (AvgIpc) is 3.15. The number of anilines is 1. The molecule has 6 nitrogen and oxygen atoms in total. The van der Waals surface area contributed by atoms with E-state index in [2.05, 4.69) is 4.98 Å². The minimum Gasteiger partial charge on any atom is -0.351 e. The van der Waals surface area contributed by atoms with Crippen molar-refractivity contribution in [2.24, 2.45) is 5.73 Å². The van der Waals surface area contributed by atoms with Gasteiger partial charge in [-0.1, -0.05) is 6.07 Å². The number of urea groups is 1. The van der Waals surface area contributed by atoms with Crippen LogP contribution in [0.4, 0.5) is 23.7 Å². The molecule has 0 aliphatic rings. The molecule has 0 aliphatic carbocycles. The van der Waals surface area contributed by atoms with E-state index in [9.17, 15) is 18.0 Å². The number of aromatic nitrogens is 2. The molecule has 2 aromatic carbocycles. The van der Waals surface area contributed by atoms with Crippen molar-refractivity contribution in [3.8, 4) is 11.8 Å². The number of benzene rings is 2. The Morgan fingerprint density at radius 1 is 1.23 bits per heavy atom. The maximum atomic E-state index is 13.1. The number of allylic oxidation sites excluding steroid dienone is 1. The zero-order chi connectivity index (χ0) is 21.9. The molecule has 3 rings (SSSR count). The van der Waals surface area contributed by atoms with Crippen LogP contribution < -0.4 is 10.6 Å². The average molecular weight is 411 g/mol. The number of nitriles is 1. The predicted octanol–water partition coefficient (Wildman–Crippen LogP) is 4.71. The van der Waals surface area contributed by atoms with Gasteiger partial charge in [0.05, 0.1) is 22.9 Å². The summed E-state index contributed by atoms with van der Waals surface area (Å²) in [5.74, 6) is 0.426. The zero-order valence-corrected chi connectivity index (χ0v) is 15.8. The van der Waals surface area contributed by atoms with Crippen molar-refractivity contribution in [3.63, 3.8) is 0 Å². The molecule has 0 atom stereocenters. The number of nitrogens with two attached hydrogens (primary N) is 1. The molecule has 152 valence electrons. The summed E-state index contributed by atoms with van der Waals surface area (Å²) in [6.07, 6.45) is 0.196. The molecule has 0 saturated carbocycles. The molecule has 0 radical (unpaired) electrons. The Bertz CT molecular complexity index is 1140. The highest BCUT2D eigenvalue weighted by Crippen LogP contribution is 2.32. The molecule has 0 bridgehead atoms. The van der Waals surface area contributed by atoms with E-state index in [1.165, 1.54) is 24.4 Å². The van der Waals surface area contributed by atoms with Crippen LogP contribution in [0.3, 0.4) is 0 Å². The normalized spacial score (nSPS) is 11.8. The lowest BCUT2D eigenvalue weighted by Gasteiger charge is -2.22. The number of rotatable bonds is 4. The number of imidazole rings is 1. The first-order valence-corrected chi connectivity index (χ1v) is 8.69. The Morgan fingerprint density at radius 3 is 2.53 bits per heavy atom. The molecule has 3 aromatic rings. The van der Waals surface area contributed by atoms with Gasteiger partial charge in [0.15, 0.2) is 0 Å². The molecule has 0 aliphatic heterocycles. The molecule has 0 spiro atoms. The molecule has 1 heterocycles. The van der Waals surface area contributed by atoms with Gasteiger partial charge in [-0.25, -0.2) is 9.78 Å². The summed E-state index contributed by atoms with van der Waals surface area (Å²) in [5.41, 5.74) is 6.04. The first kappa shape index (κ1) is 20.7. The van der Waals surface area contributed by atoms with Gasteiger partial charge in [0, 0.05) is 29.9 Å². The molecule has 2 amide bonds. The Morgan fingerprint density at radius 2 is 1.93 bits per heavy atom. The third-order valence-corrected chi connectivity index (χ3v) is 4.29. The molecular formula is C21H16F3N5O. The first-order chi connectivity index (χ1) is 14.2. The van der Waals surface area contributed by atoms with E-state index in [1.54, 1.807) is 42.0 Å². The molecule has 0 saturated heterocycles. The van der Waals surface area contributed by atoms with Gasteiger partial charge < -0.3 is 10.3 Å². The molecule has 30 heavy (non-hydrogen) atoms. The number of halogens is 3. The van der Waals surface area contributed by atoms with Crippen LogP contribution >= 0.6 is 0 Å². The minimum atomic E-state index is -4.55. The fraction of sp³-hybridized carbons (Fsp3) is 0.0952. The highest BCUT2D eigenvalue weighted by molar-refractivity contribution is 5.95. The molecule has 1 aromatic heterocycles. The molecule has 9 heteroatoms. The summed E-state index contributed by atoms with van der Waals surface area (Å²) >= 11 is 0. The van der Waals surface area contributed by atoms with Crippen LogP contribution in [0.5, 0.6) is 0 Å². The van der Waals surface area contributed by atoms with Gasteiger partial charge in [-0.15, -0.1) is 0 Å². The van der Waals surface area contributed by atoms with Crippen LogP contribution in [0.1, 0.15) is 23.9 Å². The first-order valence-electron chi connectivity index (χ1n) is 8.69. The number of primary amides is 1. The van der Waals surface area contributed by atoms with Crippen LogP contribution in [0, 0.1) is 11.3 Å². The standard InChI is InChI=1S/C21H16F3N5O/c1-14(29(20(26)30)18-4-2-3-16(12-18)21(22,23)24)11-19-27-9-10-28(19)17-7-5-15(13-25)6-8-17/h2-12H,1H3,(H2,26,30)/b14-11+. The van der Waals surface area contributed by atoms with E-state index in [0.29, 0.717) is 11.4 Å². The van der Waals surface area contributed by atoms with E-state index >= 15 is 0 Å². The van der Waals surface area contributed by atoms with Crippen LogP contribution in [0.2, 0.25) is 0 Å². The van der Waals surface area contributed by atoms with Gasteiger partial charge in [0.2, 0.25) is 0 Å². The maximum absolute atomic E-state index is 13.1. The van der Waals surface area contributed by atoms with E-state index in [1.807, 2.05) is 6.07 Å². The van der Waals surface area contributed by atoms with Crippen molar-refractivity contribution in [2.75, 3.05) is 4.90 Å². The van der Waals surface area contributed by atoms with E-state index in [0.717, 1.165) is 22.7 Å². The molecule has 0 fully saturated rings. The van der Waals surface area contributed by atoms with Gasteiger partial charge in [-0.05, 0) is 49.4 Å². The Balaban J connectivity index is 2.00. The highest BCUT2D eigenvalue weighted by Gasteiger charge is 2.31. The number of amides is 2. The third-order valence-electron chi connectivity index (χ3n) is 4.29. The second-order valence-electron chi connectivity index (χ2n) is 6.32. The summed E-state index contributed by atoms with van der Waals surface area (Å²) in [5, 5.41) is 8.93. The van der Waals surface area contributed by atoms with E-state index in [-0.39, 0.29) is 11.4 Å². The number of nitrogens with zero attached hydrogens (tertiary/aromatic N) is 4. The van der Waals surface area contributed by atoms with E-state index in [4.69, 9.17) is 11.0 Å². The lowest BCUT2D eigenvalue weighted by molar-refractivity contribution is -0.137. The monoisotopic (exact) mass is 411 g/mol. The fourth-order valence-electron chi connectivity index (χ4n) is 2.91. The van der Waals surface area contributed by atoms with Crippen LogP contribution in [0.25, 0.3) is 11.8 Å². The fourth-order valence-corrected chi connectivity index (χ4v) is 2.91. The lowest BCUT2D eigenvalue weighted by atomic mass is 10.1. The highest BCUT2D eigenvalue weighted by atomic mass is 19.4. The molecule has 0 unspecified atom stereocenters. The third kappa shape index (κ3) is 4.33. The number of carbonyl (C=O) groups is 1. The molecule has 2 N–H and O–H groups in total. The SMILES string of the molecule is C/C(=C\c1nccn1-c1ccc(C#N)cc1)N(C(N)=O)c1cccc(C(F)(F)F)c1. The Labute approximate surface area is 170 Å². The number of hydrogen-bond donors (Lipinski definition) is 1. The Hall–Kier alpha value is -4.06. The number of alkyl halides is 3. The summed E-state index contributed by atoms with van der Waals surface area (Å²) in [6, 6.07) is 12.2.